The van der Waals surface area contributed by atoms with Gasteiger partial charge in [0.2, 0.25) is 0 Å². The van der Waals surface area contributed by atoms with E-state index < -0.39 is 17.8 Å². The lowest BCUT2D eigenvalue weighted by atomic mass is 9.99. The number of carbonyl (C=O) groups excluding carboxylic acids is 2. The van der Waals surface area contributed by atoms with E-state index in [1.54, 1.807) is 42.5 Å². The molecular formula is C26H23FN2O5. The Kier molecular flexibility index (Phi) is 6.72. The molecule has 0 unspecified atom stereocenters. The molecule has 0 radical (unpaired) electrons. The van der Waals surface area contributed by atoms with E-state index in [0.717, 1.165) is 11.1 Å². The minimum absolute atomic E-state index is 0.327. The summed E-state index contributed by atoms with van der Waals surface area (Å²) in [6.45, 7) is -0.754. The number of carbonyl (C=O) groups is 2. The van der Waals surface area contributed by atoms with Gasteiger partial charge in [-0.15, -0.1) is 0 Å². The number of nitrogens with one attached hydrogen (secondary N) is 2. The van der Waals surface area contributed by atoms with Crippen molar-refractivity contribution in [1.29, 1.82) is 0 Å². The summed E-state index contributed by atoms with van der Waals surface area (Å²) in [4.78, 5) is 25.3. The zero-order valence-corrected chi connectivity index (χ0v) is 18.3. The lowest BCUT2D eigenvalue weighted by molar-refractivity contribution is 0.0879. The Hall–Kier alpha value is -4.01. The Bertz CT molecular complexity index is 1340. The molecule has 0 saturated heterocycles. The maximum absolute atomic E-state index is 13.4. The van der Waals surface area contributed by atoms with Crippen LogP contribution in [0, 0.1) is 5.82 Å². The van der Waals surface area contributed by atoms with Crippen LogP contribution in [0.15, 0.2) is 71.1 Å². The molecule has 2 amide bonds. The highest BCUT2D eigenvalue weighted by molar-refractivity contribution is 6.11. The average Bonchev–Trinajstić information content (AvgIpc) is 3.26. The Balaban J connectivity index is 1.77. The number of benzene rings is 3. The Labute approximate surface area is 194 Å². The molecule has 4 aromatic rings. The molecule has 0 bridgehead atoms. The van der Waals surface area contributed by atoms with E-state index >= 15 is 0 Å². The molecule has 0 aliphatic carbocycles. The third kappa shape index (κ3) is 4.54. The highest BCUT2D eigenvalue weighted by Crippen LogP contribution is 2.36. The first kappa shape index (κ1) is 23.2. The quantitative estimate of drug-likeness (QED) is 0.337. The molecule has 1 aromatic heterocycles. The van der Waals surface area contributed by atoms with Gasteiger partial charge in [-0.3, -0.25) is 9.59 Å². The van der Waals surface area contributed by atoms with E-state index in [0.29, 0.717) is 33.4 Å². The lowest BCUT2D eigenvalue weighted by Crippen LogP contribution is -2.40. The van der Waals surface area contributed by atoms with Gasteiger partial charge in [0.15, 0.2) is 0 Å². The summed E-state index contributed by atoms with van der Waals surface area (Å²) < 4.78 is 19.4. The first-order chi connectivity index (χ1) is 16.4. The normalized spacial score (nSPS) is 11.1. The number of amides is 2. The number of hydrogen-bond acceptors (Lipinski definition) is 5. The van der Waals surface area contributed by atoms with Crippen molar-refractivity contribution in [2.24, 2.45) is 0 Å². The molecular weight excluding hydrogens is 439 g/mol. The van der Waals surface area contributed by atoms with Crippen LogP contribution in [0.2, 0.25) is 0 Å². The lowest BCUT2D eigenvalue weighted by Gasteiger charge is -2.13. The monoisotopic (exact) mass is 462 g/mol. The minimum atomic E-state index is -0.751. The van der Waals surface area contributed by atoms with Crippen LogP contribution >= 0.6 is 0 Å². The molecule has 0 aliphatic rings. The molecule has 0 saturated carbocycles. The molecule has 0 fully saturated rings. The van der Waals surface area contributed by atoms with Gasteiger partial charge in [-0.2, -0.15) is 0 Å². The minimum Gasteiger partial charge on any atom is -0.455 e. The Morgan fingerprint density at radius 3 is 2.26 bits per heavy atom. The maximum Gasteiger partial charge on any atom is 0.255 e. The van der Waals surface area contributed by atoms with Crippen molar-refractivity contribution < 1.29 is 28.6 Å². The Morgan fingerprint density at radius 2 is 1.59 bits per heavy atom. The summed E-state index contributed by atoms with van der Waals surface area (Å²) in [5.74, 6) is -0.832. The van der Waals surface area contributed by atoms with Crippen LogP contribution in [0.4, 0.5) is 4.39 Å². The van der Waals surface area contributed by atoms with Crippen LogP contribution in [-0.4, -0.2) is 48.3 Å². The number of aliphatic hydroxyl groups is 2. The first-order valence-electron chi connectivity index (χ1n) is 10.6. The molecule has 1 heterocycles. The van der Waals surface area contributed by atoms with Crippen LogP contribution < -0.4 is 10.6 Å². The van der Waals surface area contributed by atoms with Gasteiger partial charge >= 0.3 is 0 Å². The van der Waals surface area contributed by atoms with Crippen molar-refractivity contribution >= 4 is 22.8 Å². The van der Waals surface area contributed by atoms with E-state index in [2.05, 4.69) is 10.6 Å². The third-order valence-corrected chi connectivity index (χ3v) is 5.48. The molecule has 0 spiro atoms. The number of aliphatic hydroxyl groups excluding tert-OH is 2. The molecule has 0 atom stereocenters. The highest BCUT2D eigenvalue weighted by Gasteiger charge is 2.22. The van der Waals surface area contributed by atoms with Gasteiger partial charge in [-0.25, -0.2) is 4.39 Å². The Morgan fingerprint density at radius 1 is 0.912 bits per heavy atom. The van der Waals surface area contributed by atoms with Gasteiger partial charge < -0.3 is 25.3 Å². The zero-order valence-electron chi connectivity index (χ0n) is 18.3. The maximum atomic E-state index is 13.4. The molecule has 8 heteroatoms. The van der Waals surface area contributed by atoms with Gasteiger partial charge in [0, 0.05) is 23.6 Å². The van der Waals surface area contributed by atoms with Gasteiger partial charge in [-0.1, -0.05) is 18.2 Å². The number of fused-ring (bicyclic) bond motifs is 1. The molecule has 4 N–H and O–H groups in total. The van der Waals surface area contributed by atoms with E-state index in [9.17, 15) is 24.2 Å². The molecule has 174 valence electrons. The fourth-order valence-electron chi connectivity index (χ4n) is 3.69. The van der Waals surface area contributed by atoms with Crippen LogP contribution in [0.25, 0.3) is 33.4 Å². The average molecular weight is 462 g/mol. The summed E-state index contributed by atoms with van der Waals surface area (Å²) in [5.41, 5.74) is 3.22. The van der Waals surface area contributed by atoms with Crippen LogP contribution in [-0.2, 0) is 0 Å². The largest absolute Gasteiger partial charge is 0.455 e. The van der Waals surface area contributed by atoms with Crippen molar-refractivity contribution in [3.05, 3.63) is 83.7 Å². The molecule has 3 aromatic carbocycles. The SMILES string of the molecule is CNC(=O)c1c(-c2ccc(F)cc2)oc2ccc(-c3cccc(C(=O)NC(CO)CO)c3)cc12. The summed E-state index contributed by atoms with van der Waals surface area (Å²) in [6, 6.07) is 17.2. The fourth-order valence-corrected chi connectivity index (χ4v) is 3.69. The van der Waals surface area contributed by atoms with E-state index in [1.807, 2.05) is 12.1 Å². The standard InChI is InChI=1S/C26H23FN2O5/c1-28-26(33)23-21-12-17(7-10-22(21)34-24(23)15-5-8-19(27)9-6-15)16-3-2-4-18(11-16)25(32)29-20(13-30)14-31/h2-12,20,30-31H,13-14H2,1H3,(H,28,33)(H,29,32). The second-order valence-corrected chi connectivity index (χ2v) is 7.72. The van der Waals surface area contributed by atoms with Crippen LogP contribution in [0.1, 0.15) is 20.7 Å². The zero-order chi connectivity index (χ0) is 24.2. The predicted octanol–water partition coefficient (Wildman–Crippen LogP) is 3.35. The van der Waals surface area contributed by atoms with Crippen molar-refractivity contribution in [1.82, 2.24) is 10.6 Å². The van der Waals surface area contributed by atoms with Crippen molar-refractivity contribution in [2.75, 3.05) is 20.3 Å². The summed E-state index contributed by atoms with van der Waals surface area (Å²) in [7, 11) is 1.52. The van der Waals surface area contributed by atoms with Crippen molar-refractivity contribution in [3.63, 3.8) is 0 Å². The van der Waals surface area contributed by atoms with E-state index in [-0.39, 0.29) is 19.1 Å². The van der Waals surface area contributed by atoms with Gasteiger partial charge in [0.1, 0.15) is 17.2 Å². The van der Waals surface area contributed by atoms with E-state index in [4.69, 9.17) is 4.42 Å². The van der Waals surface area contributed by atoms with E-state index in [1.165, 1.54) is 19.2 Å². The number of furan rings is 1. The molecule has 34 heavy (non-hydrogen) atoms. The smallest absolute Gasteiger partial charge is 0.255 e. The van der Waals surface area contributed by atoms with Crippen LogP contribution in [0.5, 0.6) is 0 Å². The van der Waals surface area contributed by atoms with Gasteiger partial charge in [0.05, 0.1) is 24.8 Å². The molecule has 0 aliphatic heterocycles. The van der Waals surface area contributed by atoms with Crippen molar-refractivity contribution in [3.8, 4) is 22.5 Å². The molecule has 7 nitrogen and oxygen atoms in total. The van der Waals surface area contributed by atoms with Crippen LogP contribution in [0.3, 0.4) is 0 Å². The second kappa shape index (κ2) is 9.86. The summed E-state index contributed by atoms with van der Waals surface area (Å²) in [6.07, 6.45) is 0. The topological polar surface area (TPSA) is 112 Å². The summed E-state index contributed by atoms with van der Waals surface area (Å²) >= 11 is 0. The van der Waals surface area contributed by atoms with Crippen molar-refractivity contribution in [2.45, 2.75) is 6.04 Å². The number of rotatable bonds is 7. The number of halogens is 1. The fraction of sp³-hybridized carbons (Fsp3) is 0.154. The summed E-state index contributed by atoms with van der Waals surface area (Å²) in [5, 5.41) is 24.2. The van der Waals surface area contributed by atoms with Gasteiger partial charge in [-0.05, 0) is 59.7 Å². The molecule has 4 rings (SSSR count). The van der Waals surface area contributed by atoms with Gasteiger partial charge in [0.25, 0.3) is 11.8 Å². The second-order valence-electron chi connectivity index (χ2n) is 7.72. The first-order valence-corrected chi connectivity index (χ1v) is 10.6. The number of hydrogen-bond donors (Lipinski definition) is 4. The third-order valence-electron chi connectivity index (χ3n) is 5.48. The highest BCUT2D eigenvalue weighted by atomic mass is 19.1. The predicted molar refractivity (Wildman–Crippen MR) is 126 cm³/mol.